The number of benzene rings is 2. The van der Waals surface area contributed by atoms with Gasteiger partial charge < -0.3 is 5.32 Å². The Morgan fingerprint density at radius 2 is 1.76 bits per heavy atom. The molecule has 0 bridgehead atoms. The van der Waals surface area contributed by atoms with Crippen LogP contribution in [0.3, 0.4) is 0 Å². The van der Waals surface area contributed by atoms with Gasteiger partial charge in [0.25, 0.3) is 0 Å². The number of nitrogens with one attached hydrogen (secondary N) is 1. The van der Waals surface area contributed by atoms with Crippen LogP contribution in [0.15, 0.2) is 53.0 Å². The van der Waals surface area contributed by atoms with E-state index in [2.05, 4.69) is 65.4 Å². The highest BCUT2D eigenvalue weighted by Crippen LogP contribution is 2.28. The van der Waals surface area contributed by atoms with Gasteiger partial charge in [-0.05, 0) is 42.7 Å². The molecule has 0 saturated heterocycles. The van der Waals surface area contributed by atoms with E-state index in [4.69, 9.17) is 11.6 Å². The van der Waals surface area contributed by atoms with Crippen LogP contribution in [0.25, 0.3) is 0 Å². The Labute approximate surface area is 140 Å². The van der Waals surface area contributed by atoms with E-state index in [1.165, 1.54) is 11.1 Å². The van der Waals surface area contributed by atoms with Crippen molar-refractivity contribution in [3.05, 3.63) is 69.2 Å². The molecule has 2 aromatic rings. The molecule has 0 heterocycles. The molecule has 0 saturated carbocycles. The lowest BCUT2D eigenvalue weighted by Crippen LogP contribution is -2.25. The van der Waals surface area contributed by atoms with Crippen molar-refractivity contribution in [3.8, 4) is 0 Å². The normalized spacial score (nSPS) is 13.9. The number of rotatable bonds is 6. The summed E-state index contributed by atoms with van der Waals surface area (Å²) in [6.07, 6.45) is 2.25. The topological polar surface area (TPSA) is 12.0 Å². The van der Waals surface area contributed by atoms with E-state index >= 15 is 0 Å². The predicted molar refractivity (Wildman–Crippen MR) is 94.8 cm³/mol. The molecular weight excluding hydrogens is 346 g/mol. The lowest BCUT2D eigenvalue weighted by molar-refractivity contribution is 0.439. The highest BCUT2D eigenvalue weighted by Gasteiger charge is 2.16. The van der Waals surface area contributed by atoms with E-state index in [0.29, 0.717) is 6.04 Å². The van der Waals surface area contributed by atoms with Crippen LogP contribution in [0, 0.1) is 0 Å². The molecule has 21 heavy (non-hydrogen) atoms. The number of hydrogen-bond donors (Lipinski definition) is 1. The summed E-state index contributed by atoms with van der Waals surface area (Å²) >= 11 is 9.62. The molecule has 0 aromatic heterocycles. The monoisotopic (exact) mass is 365 g/mol. The summed E-state index contributed by atoms with van der Waals surface area (Å²) in [5.41, 5.74) is 2.58. The average Bonchev–Trinajstić information content (AvgIpc) is 2.48. The van der Waals surface area contributed by atoms with E-state index in [-0.39, 0.29) is 6.04 Å². The van der Waals surface area contributed by atoms with Gasteiger partial charge >= 0.3 is 0 Å². The third kappa shape index (κ3) is 4.57. The van der Waals surface area contributed by atoms with Crippen LogP contribution in [0.1, 0.15) is 49.9 Å². The average molecular weight is 367 g/mol. The van der Waals surface area contributed by atoms with Gasteiger partial charge in [-0.1, -0.05) is 71.2 Å². The largest absolute Gasteiger partial charge is 0.303 e. The summed E-state index contributed by atoms with van der Waals surface area (Å²) in [5.74, 6) is 0. The Hall–Kier alpha value is -0.830. The molecule has 0 aliphatic rings. The fourth-order valence-electron chi connectivity index (χ4n) is 2.55. The maximum absolute atomic E-state index is 5.99. The molecule has 0 radical (unpaired) electrons. The van der Waals surface area contributed by atoms with Crippen LogP contribution in [0.5, 0.6) is 0 Å². The first kappa shape index (κ1) is 16.5. The van der Waals surface area contributed by atoms with Crippen LogP contribution in [0.2, 0.25) is 5.02 Å². The second-order valence-electron chi connectivity index (χ2n) is 5.30. The summed E-state index contributed by atoms with van der Waals surface area (Å²) in [7, 11) is 0. The molecule has 0 fully saturated rings. The molecular formula is C18H21BrClN. The van der Waals surface area contributed by atoms with Crippen molar-refractivity contribution in [3.63, 3.8) is 0 Å². The van der Waals surface area contributed by atoms with Crippen LogP contribution in [0.4, 0.5) is 0 Å². The van der Waals surface area contributed by atoms with E-state index in [1.807, 2.05) is 18.2 Å². The molecule has 0 amide bonds. The summed E-state index contributed by atoms with van der Waals surface area (Å²) < 4.78 is 1.15. The van der Waals surface area contributed by atoms with Crippen molar-refractivity contribution in [1.29, 1.82) is 0 Å². The molecule has 2 rings (SSSR count). The molecule has 3 heteroatoms. The molecule has 1 unspecified atom stereocenters. The molecule has 0 aliphatic carbocycles. The molecule has 1 nitrogen and oxygen atoms in total. The third-order valence-corrected chi connectivity index (χ3v) is 4.65. The van der Waals surface area contributed by atoms with Gasteiger partial charge in [0.15, 0.2) is 0 Å². The lowest BCUT2D eigenvalue weighted by Gasteiger charge is -2.24. The van der Waals surface area contributed by atoms with Crippen LogP contribution in [-0.4, -0.2) is 0 Å². The molecule has 2 atom stereocenters. The molecule has 2 aromatic carbocycles. The van der Waals surface area contributed by atoms with Gasteiger partial charge in [-0.25, -0.2) is 0 Å². The first-order valence-corrected chi connectivity index (χ1v) is 8.55. The van der Waals surface area contributed by atoms with Crippen molar-refractivity contribution in [2.24, 2.45) is 0 Å². The smallest absolute Gasteiger partial charge is 0.0406 e. The summed E-state index contributed by atoms with van der Waals surface area (Å²) in [4.78, 5) is 0. The molecule has 0 spiro atoms. The van der Waals surface area contributed by atoms with E-state index in [1.54, 1.807) is 0 Å². The van der Waals surface area contributed by atoms with Gasteiger partial charge in [0.1, 0.15) is 0 Å². The van der Waals surface area contributed by atoms with Crippen molar-refractivity contribution in [1.82, 2.24) is 5.32 Å². The molecule has 1 N–H and O–H groups in total. The molecule has 112 valence electrons. The van der Waals surface area contributed by atoms with Crippen LogP contribution >= 0.6 is 27.5 Å². The van der Waals surface area contributed by atoms with E-state index < -0.39 is 0 Å². The fourth-order valence-corrected chi connectivity index (χ4v) is 3.30. The standard InChI is InChI=1S/C18H21BrClN/c1-3-6-18(14-9-11-15(20)12-10-14)21-13(2)16-7-4-5-8-17(16)19/h4-5,7-13,18,21H,3,6H2,1-2H3/t13-,18?/m1/s1. The SMILES string of the molecule is CCCC(N[C@H](C)c1ccccc1Br)c1ccc(Cl)cc1. The summed E-state index contributed by atoms with van der Waals surface area (Å²) in [6.45, 7) is 4.42. The molecule has 0 aliphatic heterocycles. The first-order valence-electron chi connectivity index (χ1n) is 7.37. The minimum atomic E-state index is 0.285. The minimum absolute atomic E-state index is 0.285. The summed E-state index contributed by atoms with van der Waals surface area (Å²) in [6, 6.07) is 17.1. The Balaban J connectivity index is 2.16. The van der Waals surface area contributed by atoms with Crippen molar-refractivity contribution >= 4 is 27.5 Å². The van der Waals surface area contributed by atoms with Gasteiger partial charge in [-0.3, -0.25) is 0 Å². The number of hydrogen-bond acceptors (Lipinski definition) is 1. The van der Waals surface area contributed by atoms with Gasteiger partial charge in [-0.2, -0.15) is 0 Å². The van der Waals surface area contributed by atoms with Crippen molar-refractivity contribution < 1.29 is 0 Å². The highest BCUT2D eigenvalue weighted by atomic mass is 79.9. The minimum Gasteiger partial charge on any atom is -0.303 e. The lowest BCUT2D eigenvalue weighted by atomic mass is 9.99. The van der Waals surface area contributed by atoms with Crippen molar-refractivity contribution in [2.45, 2.75) is 38.8 Å². The second kappa shape index (κ2) is 7.98. The first-order chi connectivity index (χ1) is 10.1. The van der Waals surface area contributed by atoms with Crippen LogP contribution < -0.4 is 5.32 Å². The predicted octanol–water partition coefficient (Wildman–Crippen LogP) is 6.29. The number of halogens is 2. The van der Waals surface area contributed by atoms with Gasteiger partial charge in [0.05, 0.1) is 0 Å². The Morgan fingerprint density at radius 1 is 1.10 bits per heavy atom. The highest BCUT2D eigenvalue weighted by molar-refractivity contribution is 9.10. The Morgan fingerprint density at radius 3 is 2.38 bits per heavy atom. The maximum Gasteiger partial charge on any atom is 0.0406 e. The Kier molecular flexibility index (Phi) is 6.28. The maximum atomic E-state index is 5.99. The van der Waals surface area contributed by atoms with Gasteiger partial charge in [0.2, 0.25) is 0 Å². The van der Waals surface area contributed by atoms with E-state index in [9.17, 15) is 0 Å². The quantitative estimate of drug-likeness (QED) is 0.633. The zero-order valence-corrected chi connectivity index (χ0v) is 14.8. The van der Waals surface area contributed by atoms with E-state index in [0.717, 1.165) is 22.3 Å². The van der Waals surface area contributed by atoms with Crippen molar-refractivity contribution in [2.75, 3.05) is 0 Å². The van der Waals surface area contributed by atoms with Crippen LogP contribution in [-0.2, 0) is 0 Å². The zero-order chi connectivity index (χ0) is 15.2. The Bertz CT molecular complexity index is 568. The van der Waals surface area contributed by atoms with Gasteiger partial charge in [-0.15, -0.1) is 0 Å². The fraction of sp³-hybridized carbons (Fsp3) is 0.333. The van der Waals surface area contributed by atoms with Gasteiger partial charge in [0, 0.05) is 21.6 Å². The second-order valence-corrected chi connectivity index (χ2v) is 6.59. The summed E-state index contributed by atoms with van der Waals surface area (Å²) in [5, 5.41) is 4.52. The third-order valence-electron chi connectivity index (χ3n) is 3.67. The zero-order valence-electron chi connectivity index (χ0n) is 12.4.